The Morgan fingerprint density at radius 3 is 2.57 bits per heavy atom. The Labute approximate surface area is 205 Å². The van der Waals surface area contributed by atoms with Crippen molar-refractivity contribution in [2.24, 2.45) is 5.73 Å². The van der Waals surface area contributed by atoms with E-state index in [1.807, 2.05) is 40.9 Å². The molecule has 0 atom stereocenters. The van der Waals surface area contributed by atoms with Crippen LogP contribution in [0.3, 0.4) is 0 Å². The van der Waals surface area contributed by atoms with E-state index in [1.165, 1.54) is 23.5 Å². The summed E-state index contributed by atoms with van der Waals surface area (Å²) in [5, 5.41) is 11.9. The number of thiazole rings is 1. The van der Waals surface area contributed by atoms with Crippen LogP contribution in [-0.4, -0.2) is 35.7 Å². The van der Waals surface area contributed by atoms with E-state index >= 15 is 0 Å². The van der Waals surface area contributed by atoms with Crippen molar-refractivity contribution in [3.8, 4) is 17.3 Å². The molecule has 2 aromatic heterocycles. The third-order valence-corrected chi connectivity index (χ3v) is 7.74. The maximum Gasteiger partial charge on any atom is 0.258 e. The highest BCUT2D eigenvalue weighted by Gasteiger charge is 2.29. The normalized spacial score (nSPS) is 15.8. The highest BCUT2D eigenvalue weighted by Crippen LogP contribution is 2.40. The number of nitrogens with zero attached hydrogens (tertiary/aromatic N) is 5. The zero-order chi connectivity index (χ0) is 24.3. The molecule has 6 rings (SSSR count). The van der Waals surface area contributed by atoms with E-state index in [2.05, 4.69) is 11.0 Å². The quantitative estimate of drug-likeness (QED) is 0.450. The van der Waals surface area contributed by atoms with E-state index in [4.69, 9.17) is 10.7 Å². The van der Waals surface area contributed by atoms with Crippen LogP contribution in [0.15, 0.2) is 53.5 Å². The molecule has 4 aromatic rings. The molecular weight excluding hydrogens is 463 g/mol. The minimum absolute atomic E-state index is 0.00960. The van der Waals surface area contributed by atoms with Crippen LogP contribution in [0.1, 0.15) is 23.8 Å². The van der Waals surface area contributed by atoms with Gasteiger partial charge in [-0.15, -0.1) is 0 Å². The summed E-state index contributed by atoms with van der Waals surface area (Å²) in [5.74, 6) is -0.340. The third-order valence-electron chi connectivity index (χ3n) is 6.70. The van der Waals surface area contributed by atoms with E-state index in [9.17, 15) is 14.4 Å². The zero-order valence-electron chi connectivity index (χ0n) is 19.1. The van der Waals surface area contributed by atoms with Gasteiger partial charge in [-0.05, 0) is 55.3 Å². The van der Waals surface area contributed by atoms with Crippen molar-refractivity contribution in [2.75, 3.05) is 29.9 Å². The van der Waals surface area contributed by atoms with Crippen LogP contribution in [0.25, 0.3) is 22.0 Å². The van der Waals surface area contributed by atoms with Gasteiger partial charge in [-0.25, -0.2) is 9.37 Å². The number of benzene rings is 2. The molecule has 7 nitrogen and oxygen atoms in total. The molecule has 2 aromatic carbocycles. The second-order valence-electron chi connectivity index (χ2n) is 9.20. The first-order chi connectivity index (χ1) is 16.9. The smallest absolute Gasteiger partial charge is 0.258 e. The van der Waals surface area contributed by atoms with Crippen molar-refractivity contribution in [1.29, 1.82) is 5.26 Å². The first-order valence-corrected chi connectivity index (χ1v) is 12.3. The fourth-order valence-corrected chi connectivity index (χ4v) is 5.44. The Kier molecular flexibility index (Phi) is 5.09. The molecule has 1 aliphatic heterocycles. The highest BCUT2D eigenvalue weighted by molar-refractivity contribution is 7.16. The molecule has 1 saturated carbocycles. The summed E-state index contributed by atoms with van der Waals surface area (Å²) in [5.41, 5.74) is 9.08. The number of fused-ring (bicyclic) bond motifs is 1. The lowest BCUT2D eigenvalue weighted by atomic mass is 10.1. The Hall–Kier alpha value is -3.74. The Balaban J connectivity index is 1.48. The molecule has 0 amide bonds. The number of halogens is 1. The van der Waals surface area contributed by atoms with Gasteiger partial charge in [-0.1, -0.05) is 11.3 Å². The minimum atomic E-state index is -0.340. The summed E-state index contributed by atoms with van der Waals surface area (Å²) in [4.78, 5) is 22.6. The SMILES string of the molecule is CN(c1nc(-c2ccc(F)cc2)c(C#N)s1)c1cn(C2CC2)c(=O)c2ccc(N3CC(N)C3)cc12. The van der Waals surface area contributed by atoms with Crippen LogP contribution in [0.5, 0.6) is 0 Å². The average Bonchev–Trinajstić information content (AvgIpc) is 3.60. The Bertz CT molecular complexity index is 1540. The van der Waals surface area contributed by atoms with Gasteiger partial charge < -0.3 is 20.1 Å². The van der Waals surface area contributed by atoms with Crippen LogP contribution in [-0.2, 0) is 0 Å². The van der Waals surface area contributed by atoms with Gasteiger partial charge in [0.15, 0.2) is 5.13 Å². The highest BCUT2D eigenvalue weighted by atomic mass is 32.1. The van der Waals surface area contributed by atoms with E-state index in [-0.39, 0.29) is 23.5 Å². The second-order valence-corrected chi connectivity index (χ2v) is 10.2. The van der Waals surface area contributed by atoms with Gasteiger partial charge in [0.25, 0.3) is 5.56 Å². The zero-order valence-corrected chi connectivity index (χ0v) is 19.9. The molecule has 9 heteroatoms. The van der Waals surface area contributed by atoms with Crippen molar-refractivity contribution in [1.82, 2.24) is 9.55 Å². The van der Waals surface area contributed by atoms with Crippen molar-refractivity contribution in [2.45, 2.75) is 24.9 Å². The van der Waals surface area contributed by atoms with E-state index in [0.29, 0.717) is 26.7 Å². The maximum absolute atomic E-state index is 13.4. The first-order valence-electron chi connectivity index (χ1n) is 11.5. The number of rotatable bonds is 5. The topological polar surface area (TPSA) is 91.2 Å². The fourth-order valence-electron chi connectivity index (χ4n) is 4.58. The van der Waals surface area contributed by atoms with Crippen LogP contribution in [0.2, 0.25) is 0 Å². The van der Waals surface area contributed by atoms with E-state index in [0.717, 1.165) is 42.7 Å². The Morgan fingerprint density at radius 2 is 1.91 bits per heavy atom. The molecule has 0 unspecified atom stereocenters. The number of hydrogen-bond acceptors (Lipinski definition) is 7. The Morgan fingerprint density at radius 1 is 1.17 bits per heavy atom. The molecule has 1 aliphatic carbocycles. The van der Waals surface area contributed by atoms with Crippen molar-refractivity contribution < 1.29 is 4.39 Å². The number of hydrogen-bond donors (Lipinski definition) is 1. The lowest BCUT2D eigenvalue weighted by Crippen LogP contribution is -2.55. The molecule has 176 valence electrons. The number of pyridine rings is 1. The van der Waals surface area contributed by atoms with Gasteiger partial charge in [0.05, 0.1) is 5.69 Å². The van der Waals surface area contributed by atoms with Gasteiger partial charge in [0.1, 0.15) is 22.5 Å². The standard InChI is InChI=1S/C26H23FN6OS/c1-31(26-30-24(23(11-28)35-26)15-2-4-16(27)5-3-15)22-14-33(18-6-7-18)25(34)20-9-8-19(10-21(20)22)32-12-17(29)13-32/h2-5,8-10,14,17-18H,6-7,12-13,29H2,1H3. The van der Waals surface area contributed by atoms with Crippen molar-refractivity contribution in [3.05, 3.63) is 69.7 Å². The molecule has 2 aliphatic rings. The van der Waals surface area contributed by atoms with Gasteiger partial charge in [-0.3, -0.25) is 4.79 Å². The first kappa shape index (κ1) is 21.8. The number of nitrogens with two attached hydrogens (primary N) is 1. The molecule has 3 heterocycles. The van der Waals surface area contributed by atoms with Crippen molar-refractivity contribution in [3.63, 3.8) is 0 Å². The lowest BCUT2D eigenvalue weighted by molar-refractivity contribution is 0.520. The molecule has 0 bridgehead atoms. The van der Waals surface area contributed by atoms with Gasteiger partial charge in [-0.2, -0.15) is 5.26 Å². The van der Waals surface area contributed by atoms with Crippen LogP contribution in [0.4, 0.5) is 20.9 Å². The average molecular weight is 487 g/mol. The molecule has 35 heavy (non-hydrogen) atoms. The summed E-state index contributed by atoms with van der Waals surface area (Å²) in [6.45, 7) is 1.57. The third kappa shape index (κ3) is 3.75. The maximum atomic E-state index is 13.4. The number of anilines is 3. The fraction of sp³-hybridized carbons (Fsp3) is 0.269. The molecule has 1 saturated heterocycles. The predicted octanol–water partition coefficient (Wildman–Crippen LogP) is 4.39. The monoisotopic (exact) mass is 486 g/mol. The summed E-state index contributed by atoms with van der Waals surface area (Å²) < 4.78 is 15.3. The summed E-state index contributed by atoms with van der Waals surface area (Å²) in [6.07, 6.45) is 3.89. The van der Waals surface area contributed by atoms with Gasteiger partial charge in [0.2, 0.25) is 0 Å². The van der Waals surface area contributed by atoms with E-state index in [1.54, 1.807) is 12.1 Å². The lowest BCUT2D eigenvalue weighted by Gasteiger charge is -2.39. The largest absolute Gasteiger partial charge is 0.368 e. The van der Waals surface area contributed by atoms with Crippen LogP contribution in [0, 0.1) is 17.1 Å². The van der Waals surface area contributed by atoms with Gasteiger partial charge >= 0.3 is 0 Å². The minimum Gasteiger partial charge on any atom is -0.368 e. The molecule has 0 radical (unpaired) electrons. The summed E-state index contributed by atoms with van der Waals surface area (Å²) >= 11 is 1.28. The molecule has 0 spiro atoms. The number of nitriles is 1. The summed E-state index contributed by atoms with van der Waals surface area (Å²) in [7, 11) is 1.90. The van der Waals surface area contributed by atoms with Crippen molar-refractivity contribution >= 4 is 38.6 Å². The van der Waals surface area contributed by atoms with Crippen LogP contribution >= 0.6 is 11.3 Å². The van der Waals surface area contributed by atoms with Crippen LogP contribution < -0.4 is 21.1 Å². The molecular formula is C26H23FN6OS. The predicted molar refractivity (Wildman–Crippen MR) is 137 cm³/mol. The number of aromatic nitrogens is 2. The van der Waals surface area contributed by atoms with E-state index < -0.39 is 0 Å². The second kappa shape index (κ2) is 8.18. The molecule has 2 N–H and O–H groups in total. The molecule has 2 fully saturated rings. The summed E-state index contributed by atoms with van der Waals surface area (Å²) in [6, 6.07) is 14.5. The van der Waals surface area contributed by atoms with Gasteiger partial charge in [0, 0.05) is 60.4 Å².